The van der Waals surface area contributed by atoms with Gasteiger partial charge >= 0.3 is 0 Å². The van der Waals surface area contributed by atoms with Crippen molar-refractivity contribution in [3.63, 3.8) is 0 Å². The monoisotopic (exact) mass is 490 g/mol. The van der Waals surface area contributed by atoms with Crippen LogP contribution in [0.3, 0.4) is 0 Å². The highest BCUT2D eigenvalue weighted by atomic mass is 127. The lowest BCUT2D eigenvalue weighted by Gasteiger charge is -2.13. The van der Waals surface area contributed by atoms with Crippen molar-refractivity contribution in [2.24, 2.45) is 4.99 Å². The van der Waals surface area contributed by atoms with Gasteiger partial charge in [-0.25, -0.2) is 4.98 Å². The van der Waals surface area contributed by atoms with Gasteiger partial charge < -0.3 is 20.5 Å². The Morgan fingerprint density at radius 1 is 1.31 bits per heavy atom. The number of methoxy groups -OCH3 is 1. The smallest absolute Gasteiger partial charge is 0.191 e. The number of nitrogens with one attached hydrogen (secondary N) is 2. The Kier molecular flexibility index (Phi) is 10.5. The fraction of sp³-hybridized carbons (Fsp3) is 0.444. The summed E-state index contributed by atoms with van der Waals surface area (Å²) in [7, 11) is 1.62. The van der Waals surface area contributed by atoms with E-state index in [4.69, 9.17) is 4.74 Å². The molecule has 1 atom stereocenters. The molecule has 6 nitrogen and oxygen atoms in total. The number of halogens is 1. The van der Waals surface area contributed by atoms with Crippen molar-refractivity contribution in [2.75, 3.05) is 26.7 Å². The standard InChI is InChI=1S/C18H26N4O2S.HI/c1-4-19-18(20-10-9-17-21-11-13(2)25-17)22-12-16(23)14-5-7-15(24-3)8-6-14;/h5-8,11,16,23H,4,9-10,12H2,1-3H3,(H2,19,20,22);1H. The first-order valence-corrected chi connectivity index (χ1v) is 9.19. The van der Waals surface area contributed by atoms with E-state index in [0.717, 1.165) is 35.8 Å². The van der Waals surface area contributed by atoms with Crippen molar-refractivity contribution >= 4 is 41.3 Å². The molecule has 26 heavy (non-hydrogen) atoms. The number of aliphatic hydroxyl groups is 1. The molecule has 0 aliphatic heterocycles. The first-order chi connectivity index (χ1) is 12.1. The van der Waals surface area contributed by atoms with Crippen molar-refractivity contribution in [3.8, 4) is 5.75 Å². The van der Waals surface area contributed by atoms with E-state index in [-0.39, 0.29) is 30.5 Å². The van der Waals surface area contributed by atoms with Crippen LogP contribution in [0.4, 0.5) is 0 Å². The predicted molar refractivity (Wildman–Crippen MR) is 118 cm³/mol. The number of hydrogen-bond donors (Lipinski definition) is 3. The van der Waals surface area contributed by atoms with Crippen LogP contribution in [-0.4, -0.2) is 42.8 Å². The predicted octanol–water partition coefficient (Wildman–Crippen LogP) is 2.91. The SMILES string of the molecule is CCNC(=NCC(O)c1ccc(OC)cc1)NCCc1ncc(C)s1.I. The quantitative estimate of drug-likeness (QED) is 0.302. The molecule has 0 radical (unpaired) electrons. The Hall–Kier alpha value is -1.39. The maximum Gasteiger partial charge on any atom is 0.191 e. The molecule has 0 fully saturated rings. The first-order valence-electron chi connectivity index (χ1n) is 8.38. The van der Waals surface area contributed by atoms with Gasteiger partial charge in [-0.15, -0.1) is 35.3 Å². The van der Waals surface area contributed by atoms with E-state index in [2.05, 4.69) is 27.5 Å². The lowest BCUT2D eigenvalue weighted by Crippen LogP contribution is -2.38. The van der Waals surface area contributed by atoms with E-state index in [9.17, 15) is 5.11 Å². The number of aliphatic hydroxyl groups excluding tert-OH is 1. The van der Waals surface area contributed by atoms with Crippen LogP contribution in [0.2, 0.25) is 0 Å². The molecular formula is C18H27IN4O2S. The minimum Gasteiger partial charge on any atom is -0.497 e. The maximum atomic E-state index is 10.3. The number of guanidine groups is 1. The van der Waals surface area contributed by atoms with Gasteiger partial charge in [-0.2, -0.15) is 0 Å². The summed E-state index contributed by atoms with van der Waals surface area (Å²) in [4.78, 5) is 10.0. The van der Waals surface area contributed by atoms with Gasteiger partial charge in [0.2, 0.25) is 0 Å². The molecule has 0 saturated heterocycles. The topological polar surface area (TPSA) is 78.8 Å². The van der Waals surface area contributed by atoms with Crippen molar-refractivity contribution < 1.29 is 9.84 Å². The molecule has 2 aromatic rings. The summed E-state index contributed by atoms with van der Waals surface area (Å²) < 4.78 is 5.13. The van der Waals surface area contributed by atoms with Gasteiger partial charge in [0.25, 0.3) is 0 Å². The average molecular weight is 490 g/mol. The highest BCUT2D eigenvalue weighted by Gasteiger charge is 2.08. The van der Waals surface area contributed by atoms with Crippen LogP contribution in [-0.2, 0) is 6.42 Å². The number of ether oxygens (including phenoxy) is 1. The number of aryl methyl sites for hydroxylation is 1. The number of benzene rings is 1. The van der Waals surface area contributed by atoms with E-state index in [1.54, 1.807) is 18.4 Å². The van der Waals surface area contributed by atoms with Crippen molar-refractivity contribution in [3.05, 3.63) is 45.9 Å². The molecule has 1 unspecified atom stereocenters. The summed E-state index contributed by atoms with van der Waals surface area (Å²) in [5.74, 6) is 1.47. The number of thiazole rings is 1. The maximum absolute atomic E-state index is 10.3. The van der Waals surface area contributed by atoms with Gasteiger partial charge in [-0.05, 0) is 31.5 Å². The summed E-state index contributed by atoms with van der Waals surface area (Å²) in [6.45, 7) is 5.87. The Morgan fingerprint density at radius 2 is 2.04 bits per heavy atom. The number of hydrogen-bond acceptors (Lipinski definition) is 5. The van der Waals surface area contributed by atoms with Crippen molar-refractivity contribution in [1.82, 2.24) is 15.6 Å². The van der Waals surface area contributed by atoms with E-state index in [0.29, 0.717) is 5.96 Å². The largest absolute Gasteiger partial charge is 0.497 e. The minimum atomic E-state index is -0.650. The molecule has 3 N–H and O–H groups in total. The van der Waals surface area contributed by atoms with Crippen molar-refractivity contribution in [2.45, 2.75) is 26.4 Å². The summed E-state index contributed by atoms with van der Waals surface area (Å²) in [5.41, 5.74) is 0.818. The van der Waals surface area contributed by atoms with Gasteiger partial charge in [-0.1, -0.05) is 12.1 Å². The molecule has 0 amide bonds. The molecule has 0 saturated carbocycles. The van der Waals surface area contributed by atoms with Crippen molar-refractivity contribution in [1.29, 1.82) is 0 Å². The van der Waals surface area contributed by atoms with Crippen LogP contribution in [0.5, 0.6) is 5.75 Å². The molecule has 1 heterocycles. The Labute approximate surface area is 176 Å². The van der Waals surface area contributed by atoms with Crippen LogP contribution in [0.15, 0.2) is 35.5 Å². The normalized spacial score (nSPS) is 12.2. The highest BCUT2D eigenvalue weighted by Crippen LogP contribution is 2.17. The molecule has 144 valence electrons. The van der Waals surface area contributed by atoms with Crippen LogP contribution in [0.25, 0.3) is 0 Å². The lowest BCUT2D eigenvalue weighted by atomic mass is 10.1. The molecule has 0 bridgehead atoms. The average Bonchev–Trinajstić information content (AvgIpc) is 3.04. The minimum absolute atomic E-state index is 0. The zero-order chi connectivity index (χ0) is 18.1. The van der Waals surface area contributed by atoms with Crippen LogP contribution in [0.1, 0.15) is 28.5 Å². The van der Waals surface area contributed by atoms with Gasteiger partial charge in [0.1, 0.15) is 5.75 Å². The number of aliphatic imine (C=N–C) groups is 1. The number of aromatic nitrogens is 1. The number of nitrogens with zero attached hydrogens (tertiary/aromatic N) is 2. The molecule has 0 aliphatic rings. The molecule has 0 aliphatic carbocycles. The third-order valence-corrected chi connectivity index (χ3v) is 4.54. The second-order valence-electron chi connectivity index (χ2n) is 5.55. The third-order valence-electron chi connectivity index (χ3n) is 3.57. The van der Waals surface area contributed by atoms with E-state index in [1.165, 1.54) is 4.88 Å². The third kappa shape index (κ3) is 7.46. The first kappa shape index (κ1) is 22.7. The van der Waals surface area contributed by atoms with E-state index in [1.807, 2.05) is 37.4 Å². The van der Waals surface area contributed by atoms with Gasteiger partial charge in [0, 0.05) is 30.6 Å². The zero-order valence-corrected chi connectivity index (χ0v) is 18.5. The summed E-state index contributed by atoms with van der Waals surface area (Å²) >= 11 is 1.71. The summed E-state index contributed by atoms with van der Waals surface area (Å²) in [6.07, 6.45) is 2.09. The molecular weight excluding hydrogens is 463 g/mol. The Bertz CT molecular complexity index is 676. The molecule has 1 aromatic heterocycles. The second-order valence-corrected chi connectivity index (χ2v) is 6.87. The van der Waals surface area contributed by atoms with Gasteiger partial charge in [-0.3, -0.25) is 4.99 Å². The van der Waals surface area contributed by atoms with Crippen LogP contribution >= 0.6 is 35.3 Å². The second kappa shape index (κ2) is 12.1. The molecule has 8 heteroatoms. The fourth-order valence-corrected chi connectivity index (χ4v) is 3.04. The highest BCUT2D eigenvalue weighted by molar-refractivity contribution is 14.0. The van der Waals surface area contributed by atoms with Crippen LogP contribution < -0.4 is 15.4 Å². The summed E-state index contributed by atoms with van der Waals surface area (Å²) in [5, 5.41) is 17.9. The van der Waals surface area contributed by atoms with Gasteiger partial charge in [0.05, 0.1) is 24.8 Å². The number of rotatable bonds is 8. The molecule has 0 spiro atoms. The van der Waals surface area contributed by atoms with E-state index < -0.39 is 6.10 Å². The summed E-state index contributed by atoms with van der Waals surface area (Å²) in [6, 6.07) is 7.37. The Balaban J connectivity index is 0.00000338. The van der Waals surface area contributed by atoms with E-state index >= 15 is 0 Å². The molecule has 2 rings (SSSR count). The molecule has 1 aromatic carbocycles. The van der Waals surface area contributed by atoms with Gasteiger partial charge in [0.15, 0.2) is 5.96 Å². The fourth-order valence-electron chi connectivity index (χ4n) is 2.26. The lowest BCUT2D eigenvalue weighted by molar-refractivity contribution is 0.187. The Morgan fingerprint density at radius 3 is 2.62 bits per heavy atom. The van der Waals surface area contributed by atoms with Crippen LogP contribution in [0, 0.1) is 6.92 Å². The zero-order valence-electron chi connectivity index (χ0n) is 15.4.